The Labute approximate surface area is 150 Å². The lowest BCUT2D eigenvalue weighted by molar-refractivity contribution is 0.0861. The maximum atomic E-state index is 11.8. The molecular formula is C17H18ClN5O2. The van der Waals surface area contributed by atoms with Gasteiger partial charge in [0.25, 0.3) is 5.91 Å². The van der Waals surface area contributed by atoms with Gasteiger partial charge in [0.2, 0.25) is 0 Å². The molecule has 1 aromatic heterocycles. The zero-order chi connectivity index (χ0) is 18.0. The summed E-state index contributed by atoms with van der Waals surface area (Å²) in [4.78, 5) is 11.8. The molecule has 7 nitrogen and oxygen atoms in total. The van der Waals surface area contributed by atoms with Crippen LogP contribution in [0.3, 0.4) is 0 Å². The number of anilines is 2. The number of nitrogens with two attached hydrogens (primary N) is 1. The minimum atomic E-state index is -0.605. The van der Waals surface area contributed by atoms with E-state index in [1.807, 2.05) is 0 Å². The number of amides is 1. The number of carbonyl (C=O) groups excluding carboxylic acids is 1. The van der Waals surface area contributed by atoms with Crippen molar-refractivity contribution in [3.8, 4) is 6.07 Å². The van der Waals surface area contributed by atoms with Gasteiger partial charge in [-0.1, -0.05) is 11.6 Å². The molecule has 130 valence electrons. The minimum Gasteiger partial charge on any atom is -0.393 e. The van der Waals surface area contributed by atoms with Crippen molar-refractivity contribution in [1.82, 2.24) is 9.78 Å². The van der Waals surface area contributed by atoms with E-state index in [-0.39, 0.29) is 17.5 Å². The highest BCUT2D eigenvalue weighted by Crippen LogP contribution is 2.34. The largest absolute Gasteiger partial charge is 0.393 e. The molecule has 1 aliphatic carbocycles. The number of hydrogen-bond donors (Lipinski definition) is 3. The Morgan fingerprint density at radius 1 is 1.40 bits per heavy atom. The monoisotopic (exact) mass is 359 g/mol. The fraction of sp³-hybridized carbons (Fsp3) is 0.353. The van der Waals surface area contributed by atoms with E-state index in [9.17, 15) is 15.2 Å². The first-order chi connectivity index (χ1) is 12.0. The highest BCUT2D eigenvalue weighted by molar-refractivity contribution is 6.30. The lowest BCUT2D eigenvalue weighted by Gasteiger charge is -2.30. The smallest absolute Gasteiger partial charge is 0.254 e. The summed E-state index contributed by atoms with van der Waals surface area (Å²) >= 11 is 5.87. The van der Waals surface area contributed by atoms with Crippen molar-refractivity contribution in [2.24, 2.45) is 11.7 Å². The van der Waals surface area contributed by atoms with Crippen LogP contribution in [0.15, 0.2) is 30.5 Å². The molecule has 1 heterocycles. The number of aliphatic hydroxyl groups excluding tert-OH is 1. The van der Waals surface area contributed by atoms with Crippen LogP contribution >= 0.6 is 11.6 Å². The van der Waals surface area contributed by atoms with Crippen molar-refractivity contribution in [2.45, 2.75) is 31.4 Å². The molecule has 0 radical (unpaired) electrons. The molecular weight excluding hydrogens is 342 g/mol. The van der Waals surface area contributed by atoms with E-state index in [0.29, 0.717) is 35.8 Å². The Balaban J connectivity index is 1.90. The van der Waals surface area contributed by atoms with E-state index in [4.69, 9.17) is 17.3 Å². The fourth-order valence-corrected chi connectivity index (χ4v) is 3.22. The number of rotatable bonds is 4. The predicted molar refractivity (Wildman–Crippen MR) is 93.5 cm³/mol. The van der Waals surface area contributed by atoms with Crippen LogP contribution in [0.2, 0.25) is 5.02 Å². The Morgan fingerprint density at radius 3 is 2.76 bits per heavy atom. The normalized spacial score (nSPS) is 23.0. The zero-order valence-electron chi connectivity index (χ0n) is 13.4. The summed E-state index contributed by atoms with van der Waals surface area (Å²) in [6, 6.07) is 9.00. The number of halogens is 1. The average molecular weight is 360 g/mol. The van der Waals surface area contributed by atoms with Gasteiger partial charge in [-0.25, -0.2) is 0 Å². The van der Waals surface area contributed by atoms with Crippen LogP contribution in [0, 0.1) is 17.2 Å². The molecule has 0 bridgehead atoms. The number of hydrogen-bond acceptors (Lipinski definition) is 5. The highest BCUT2D eigenvalue weighted by Gasteiger charge is 2.32. The van der Waals surface area contributed by atoms with Gasteiger partial charge >= 0.3 is 0 Å². The third-order valence-corrected chi connectivity index (χ3v) is 4.65. The first kappa shape index (κ1) is 17.3. The Kier molecular flexibility index (Phi) is 4.93. The number of primary amides is 1. The number of benzene rings is 1. The molecule has 8 heteroatoms. The molecule has 3 rings (SSSR count). The Hall–Kier alpha value is -2.56. The summed E-state index contributed by atoms with van der Waals surface area (Å²) in [7, 11) is 0. The molecule has 0 aliphatic heterocycles. The van der Waals surface area contributed by atoms with Gasteiger partial charge in [-0.15, -0.1) is 0 Å². The zero-order valence-corrected chi connectivity index (χ0v) is 14.1. The van der Waals surface area contributed by atoms with Gasteiger partial charge in [-0.05, 0) is 43.5 Å². The lowest BCUT2D eigenvalue weighted by atomic mass is 9.84. The van der Waals surface area contributed by atoms with Gasteiger partial charge < -0.3 is 16.2 Å². The number of nitrogens with one attached hydrogen (secondary N) is 1. The third kappa shape index (κ3) is 3.76. The Bertz CT molecular complexity index is 811. The number of carbonyl (C=O) groups is 1. The van der Waals surface area contributed by atoms with Crippen molar-refractivity contribution in [3.63, 3.8) is 0 Å². The molecule has 1 amide bonds. The molecule has 0 saturated heterocycles. The highest BCUT2D eigenvalue weighted by atomic mass is 35.5. The topological polar surface area (TPSA) is 117 Å². The molecule has 1 aromatic carbocycles. The standard InChI is InChI=1S/C17H18ClN5O2/c18-11-1-3-12(4-2-11)21-17-14(16(20)25)9-23(22-17)15-6-5-13(24)7-10(15)8-19/h1-4,9-10,13,15,24H,5-7H2,(H2,20,25)(H,21,22). The van der Waals surface area contributed by atoms with Gasteiger partial charge in [-0.2, -0.15) is 10.4 Å². The van der Waals surface area contributed by atoms with Crippen molar-refractivity contribution in [3.05, 3.63) is 41.0 Å². The molecule has 4 N–H and O–H groups in total. The van der Waals surface area contributed by atoms with Gasteiger partial charge in [0.05, 0.1) is 24.1 Å². The minimum absolute atomic E-state index is 0.202. The number of nitrogens with zero attached hydrogens (tertiary/aromatic N) is 3. The van der Waals surface area contributed by atoms with Gasteiger partial charge in [0.1, 0.15) is 5.56 Å². The molecule has 3 unspecified atom stereocenters. The number of aliphatic hydroxyl groups is 1. The van der Waals surface area contributed by atoms with Crippen LogP contribution in [0.25, 0.3) is 0 Å². The predicted octanol–water partition coefficient (Wildman–Crippen LogP) is 2.60. The SMILES string of the molecule is N#CC1CC(O)CCC1n1cc(C(N)=O)c(Nc2ccc(Cl)cc2)n1. The second-order valence-corrected chi connectivity index (χ2v) is 6.57. The van der Waals surface area contributed by atoms with Crippen LogP contribution in [0.5, 0.6) is 0 Å². The van der Waals surface area contributed by atoms with Crippen molar-refractivity contribution >= 4 is 29.0 Å². The van der Waals surface area contributed by atoms with Crippen LogP contribution in [0.4, 0.5) is 11.5 Å². The van der Waals surface area contributed by atoms with Gasteiger partial charge in [0.15, 0.2) is 5.82 Å². The van der Waals surface area contributed by atoms with Crippen LogP contribution in [0.1, 0.15) is 35.7 Å². The van der Waals surface area contributed by atoms with E-state index in [1.54, 1.807) is 35.1 Å². The molecule has 1 aliphatic rings. The van der Waals surface area contributed by atoms with E-state index >= 15 is 0 Å². The van der Waals surface area contributed by atoms with Gasteiger partial charge in [0, 0.05) is 16.9 Å². The maximum Gasteiger partial charge on any atom is 0.254 e. The van der Waals surface area contributed by atoms with Crippen molar-refractivity contribution in [2.75, 3.05) is 5.32 Å². The van der Waals surface area contributed by atoms with Crippen LogP contribution in [-0.2, 0) is 0 Å². The second kappa shape index (κ2) is 7.13. The summed E-state index contributed by atoms with van der Waals surface area (Å²) in [5.41, 5.74) is 6.43. The molecule has 0 spiro atoms. The number of nitriles is 1. The summed E-state index contributed by atoms with van der Waals surface area (Å²) in [5.74, 6) is -0.641. The van der Waals surface area contributed by atoms with E-state index in [1.165, 1.54) is 0 Å². The lowest BCUT2D eigenvalue weighted by Crippen LogP contribution is -2.29. The van der Waals surface area contributed by atoms with Crippen molar-refractivity contribution in [1.29, 1.82) is 5.26 Å². The van der Waals surface area contributed by atoms with Crippen molar-refractivity contribution < 1.29 is 9.90 Å². The average Bonchev–Trinajstić information content (AvgIpc) is 3.00. The summed E-state index contributed by atoms with van der Waals surface area (Å²) in [6.07, 6.45) is 2.69. The molecule has 1 fully saturated rings. The molecule has 3 atom stereocenters. The molecule has 2 aromatic rings. The summed E-state index contributed by atoms with van der Waals surface area (Å²) in [6.45, 7) is 0. The van der Waals surface area contributed by atoms with Crippen LogP contribution < -0.4 is 11.1 Å². The van der Waals surface area contributed by atoms with E-state index in [2.05, 4.69) is 16.5 Å². The second-order valence-electron chi connectivity index (χ2n) is 6.14. The van der Waals surface area contributed by atoms with Gasteiger partial charge in [-0.3, -0.25) is 9.48 Å². The van der Waals surface area contributed by atoms with E-state index < -0.39 is 12.0 Å². The third-order valence-electron chi connectivity index (χ3n) is 4.40. The Morgan fingerprint density at radius 2 is 2.12 bits per heavy atom. The molecule has 25 heavy (non-hydrogen) atoms. The van der Waals surface area contributed by atoms with E-state index in [0.717, 1.165) is 0 Å². The fourth-order valence-electron chi connectivity index (χ4n) is 3.09. The quantitative estimate of drug-likeness (QED) is 0.775. The first-order valence-corrected chi connectivity index (χ1v) is 8.35. The van der Waals surface area contributed by atoms with Crippen LogP contribution in [-0.4, -0.2) is 26.9 Å². The summed E-state index contributed by atoms with van der Waals surface area (Å²) in [5, 5.41) is 27.2. The number of aromatic nitrogens is 2. The summed E-state index contributed by atoms with van der Waals surface area (Å²) < 4.78 is 1.61. The first-order valence-electron chi connectivity index (χ1n) is 7.97. The molecule has 1 saturated carbocycles. The maximum absolute atomic E-state index is 11.8.